The molecule has 0 saturated carbocycles. The molecule has 1 heterocycles. The van der Waals surface area contributed by atoms with Gasteiger partial charge in [0.1, 0.15) is 11.5 Å². The number of rotatable bonds is 2. The van der Waals surface area contributed by atoms with E-state index >= 15 is 0 Å². The van der Waals surface area contributed by atoms with Gasteiger partial charge in [-0.1, -0.05) is 0 Å². The zero-order valence-electron chi connectivity index (χ0n) is 13.3. The predicted octanol–water partition coefficient (Wildman–Crippen LogP) is 3.46. The predicted molar refractivity (Wildman–Crippen MR) is 87.6 cm³/mol. The van der Waals surface area contributed by atoms with Crippen molar-refractivity contribution >= 4 is 17.5 Å². The van der Waals surface area contributed by atoms with Crippen LogP contribution in [0.15, 0.2) is 42.5 Å². The average Bonchev–Trinajstić information content (AvgIpc) is 2.73. The van der Waals surface area contributed by atoms with Crippen molar-refractivity contribution in [1.82, 2.24) is 4.90 Å². The van der Waals surface area contributed by atoms with E-state index in [9.17, 15) is 9.59 Å². The van der Waals surface area contributed by atoms with E-state index in [1.54, 1.807) is 42.5 Å². The van der Waals surface area contributed by atoms with Gasteiger partial charge in [-0.2, -0.15) is 0 Å². The lowest BCUT2D eigenvalue weighted by atomic mass is 10.1. The number of ether oxygens (including phenoxy) is 1. The van der Waals surface area contributed by atoms with Crippen LogP contribution in [-0.4, -0.2) is 22.3 Å². The topological polar surface area (TPSA) is 72.6 Å². The molecule has 0 fully saturated rings. The molecule has 2 N–H and O–H groups in total. The van der Waals surface area contributed by atoms with Gasteiger partial charge in [0.2, 0.25) is 0 Å². The molecule has 1 aliphatic rings. The third-order valence-electron chi connectivity index (χ3n) is 3.64. The number of imide groups is 1. The van der Waals surface area contributed by atoms with Gasteiger partial charge in [0.25, 0.3) is 11.8 Å². The number of nitrogens with zero attached hydrogens (tertiary/aromatic N) is 1. The molecule has 0 aromatic heterocycles. The molecule has 2 aromatic carbocycles. The van der Waals surface area contributed by atoms with Crippen molar-refractivity contribution in [2.24, 2.45) is 0 Å². The van der Waals surface area contributed by atoms with Gasteiger partial charge >= 0.3 is 0 Å². The number of fused-ring (bicyclic) bond motifs is 1. The fraction of sp³-hybridized carbons (Fsp3) is 0.222. The van der Waals surface area contributed by atoms with Crippen molar-refractivity contribution in [3.8, 4) is 11.5 Å². The van der Waals surface area contributed by atoms with Crippen molar-refractivity contribution in [3.05, 3.63) is 53.6 Å². The largest absolute Gasteiger partial charge is 0.457 e. The summed E-state index contributed by atoms with van der Waals surface area (Å²) in [5.41, 5.74) is 6.51. The molecule has 0 aliphatic carbocycles. The summed E-state index contributed by atoms with van der Waals surface area (Å²) in [5, 5.41) is 0. The Hall–Kier alpha value is -2.82. The van der Waals surface area contributed by atoms with Crippen molar-refractivity contribution in [2.75, 3.05) is 5.73 Å². The lowest BCUT2D eigenvalue weighted by molar-refractivity contribution is 0.0507. The second-order valence-electron chi connectivity index (χ2n) is 6.50. The Morgan fingerprint density at radius 3 is 2.04 bits per heavy atom. The molecule has 0 saturated heterocycles. The molecule has 2 aromatic rings. The van der Waals surface area contributed by atoms with Crippen molar-refractivity contribution < 1.29 is 14.3 Å². The zero-order valence-corrected chi connectivity index (χ0v) is 13.3. The zero-order chi connectivity index (χ0) is 16.8. The summed E-state index contributed by atoms with van der Waals surface area (Å²) >= 11 is 0. The van der Waals surface area contributed by atoms with Gasteiger partial charge in [-0.25, -0.2) is 0 Å². The number of benzene rings is 2. The minimum absolute atomic E-state index is 0.267. The highest BCUT2D eigenvalue weighted by molar-refractivity contribution is 6.22. The van der Waals surface area contributed by atoms with Crippen molar-refractivity contribution in [2.45, 2.75) is 26.3 Å². The molecule has 1 aliphatic heterocycles. The molecule has 118 valence electrons. The lowest BCUT2D eigenvalue weighted by Gasteiger charge is -2.29. The van der Waals surface area contributed by atoms with Gasteiger partial charge in [0, 0.05) is 11.2 Å². The standard InChI is InChI=1S/C18H18N2O3/c1-18(2,3)20-16(21)14-9-8-13(10-15(14)17(20)22)23-12-6-4-11(19)5-7-12/h4-10H,19H2,1-3H3. The Labute approximate surface area is 134 Å². The second kappa shape index (κ2) is 5.12. The maximum Gasteiger partial charge on any atom is 0.262 e. The quantitative estimate of drug-likeness (QED) is 0.681. The van der Waals surface area contributed by atoms with E-state index in [0.29, 0.717) is 28.3 Å². The summed E-state index contributed by atoms with van der Waals surface area (Å²) in [7, 11) is 0. The molecule has 0 radical (unpaired) electrons. The molecular formula is C18H18N2O3. The summed E-state index contributed by atoms with van der Waals surface area (Å²) in [5.74, 6) is 0.561. The fourth-order valence-electron chi connectivity index (χ4n) is 2.56. The summed E-state index contributed by atoms with van der Waals surface area (Å²) < 4.78 is 5.73. The maximum absolute atomic E-state index is 12.5. The van der Waals surface area contributed by atoms with Crippen LogP contribution in [0.3, 0.4) is 0 Å². The Kier molecular flexibility index (Phi) is 3.36. The number of amides is 2. The summed E-state index contributed by atoms with van der Waals surface area (Å²) in [6.07, 6.45) is 0. The Morgan fingerprint density at radius 1 is 0.870 bits per heavy atom. The first-order valence-corrected chi connectivity index (χ1v) is 7.34. The van der Waals surface area contributed by atoms with Crippen LogP contribution in [0.25, 0.3) is 0 Å². The van der Waals surface area contributed by atoms with E-state index in [1.165, 1.54) is 4.90 Å². The van der Waals surface area contributed by atoms with E-state index in [2.05, 4.69) is 0 Å². The maximum atomic E-state index is 12.5. The average molecular weight is 310 g/mol. The van der Waals surface area contributed by atoms with Gasteiger partial charge in [-0.15, -0.1) is 0 Å². The molecule has 0 unspecified atom stereocenters. The van der Waals surface area contributed by atoms with Crippen LogP contribution in [0, 0.1) is 0 Å². The molecule has 0 spiro atoms. The minimum Gasteiger partial charge on any atom is -0.457 e. The number of nitrogen functional groups attached to an aromatic ring is 1. The van der Waals surface area contributed by atoms with E-state index in [-0.39, 0.29) is 11.8 Å². The molecule has 5 heteroatoms. The van der Waals surface area contributed by atoms with Gasteiger partial charge in [0.05, 0.1) is 11.1 Å². The molecule has 5 nitrogen and oxygen atoms in total. The number of hydrogen-bond acceptors (Lipinski definition) is 4. The van der Waals surface area contributed by atoms with Gasteiger partial charge in [0.15, 0.2) is 0 Å². The third kappa shape index (κ3) is 2.65. The first-order chi connectivity index (χ1) is 10.8. The Balaban J connectivity index is 1.93. The van der Waals surface area contributed by atoms with Gasteiger partial charge in [-0.05, 0) is 63.2 Å². The van der Waals surface area contributed by atoms with Crippen LogP contribution in [-0.2, 0) is 0 Å². The lowest BCUT2D eigenvalue weighted by Crippen LogP contribution is -2.45. The van der Waals surface area contributed by atoms with Crippen LogP contribution < -0.4 is 10.5 Å². The van der Waals surface area contributed by atoms with Crippen molar-refractivity contribution in [3.63, 3.8) is 0 Å². The van der Waals surface area contributed by atoms with Crippen LogP contribution >= 0.6 is 0 Å². The smallest absolute Gasteiger partial charge is 0.262 e. The van der Waals surface area contributed by atoms with E-state index in [0.717, 1.165) is 0 Å². The summed E-state index contributed by atoms with van der Waals surface area (Å²) in [4.78, 5) is 26.2. The highest BCUT2D eigenvalue weighted by atomic mass is 16.5. The summed E-state index contributed by atoms with van der Waals surface area (Å²) in [6, 6.07) is 11.9. The Bertz CT molecular complexity index is 789. The molecule has 3 rings (SSSR count). The third-order valence-corrected chi connectivity index (χ3v) is 3.64. The van der Waals surface area contributed by atoms with Crippen LogP contribution in [0.1, 0.15) is 41.5 Å². The first kappa shape index (κ1) is 15.1. The molecule has 0 atom stereocenters. The monoisotopic (exact) mass is 310 g/mol. The molecular weight excluding hydrogens is 292 g/mol. The van der Waals surface area contributed by atoms with Crippen molar-refractivity contribution in [1.29, 1.82) is 0 Å². The highest BCUT2D eigenvalue weighted by Gasteiger charge is 2.41. The normalized spacial score (nSPS) is 14.1. The van der Waals surface area contributed by atoms with Gasteiger partial charge < -0.3 is 10.5 Å². The highest BCUT2D eigenvalue weighted by Crippen LogP contribution is 2.33. The van der Waals surface area contributed by atoms with E-state index < -0.39 is 5.54 Å². The first-order valence-electron chi connectivity index (χ1n) is 7.34. The van der Waals surface area contributed by atoms with Crippen LogP contribution in [0.4, 0.5) is 5.69 Å². The minimum atomic E-state index is -0.564. The van der Waals surface area contributed by atoms with Crippen LogP contribution in [0.5, 0.6) is 11.5 Å². The van der Waals surface area contributed by atoms with Crippen LogP contribution in [0.2, 0.25) is 0 Å². The molecule has 23 heavy (non-hydrogen) atoms. The number of anilines is 1. The molecule has 0 bridgehead atoms. The van der Waals surface area contributed by atoms with E-state index in [4.69, 9.17) is 10.5 Å². The summed E-state index contributed by atoms with van der Waals surface area (Å²) in [6.45, 7) is 5.50. The number of carbonyl (C=O) groups is 2. The number of hydrogen-bond donors (Lipinski definition) is 1. The fourth-order valence-corrected chi connectivity index (χ4v) is 2.56. The SMILES string of the molecule is CC(C)(C)N1C(=O)c2ccc(Oc3ccc(N)cc3)cc2C1=O. The second-order valence-corrected chi connectivity index (χ2v) is 6.50. The Morgan fingerprint density at radius 2 is 1.43 bits per heavy atom. The number of carbonyl (C=O) groups excluding carboxylic acids is 2. The van der Waals surface area contributed by atoms with Gasteiger partial charge in [-0.3, -0.25) is 14.5 Å². The molecule has 2 amide bonds. The van der Waals surface area contributed by atoms with E-state index in [1.807, 2.05) is 20.8 Å². The number of nitrogens with two attached hydrogens (primary N) is 1.